The Balaban J connectivity index is 1.44. The molecule has 0 amide bonds. The molecule has 10 heteroatoms. The van der Waals surface area contributed by atoms with Crippen LogP contribution in [0.15, 0.2) is 55.5 Å². The standard InChI is InChI=1S/C23H23BrN4O2S3/c1-27(2)9-3-10-28-22(30)21-18(8-11-31-21)26-23(28)33-13-17(29)12-20-25-19(14-32-20)15-4-6-16(24)7-5-15/h4-8,11,14H,3,9-10,12-13H2,1-2H3. The Morgan fingerprint density at radius 2 is 1.94 bits per heavy atom. The SMILES string of the molecule is CN(C)CCCn1c(SCC(=O)Cc2nc(-c3ccc(Br)cc3)cs2)nc2ccsc2c1=O. The number of nitrogens with zero attached hydrogens (tertiary/aromatic N) is 4. The van der Waals surface area contributed by atoms with Crippen molar-refractivity contribution >= 4 is 66.4 Å². The lowest BCUT2D eigenvalue weighted by Gasteiger charge is -2.13. The number of aromatic nitrogens is 3. The Morgan fingerprint density at radius 3 is 2.70 bits per heavy atom. The molecule has 4 rings (SSSR count). The van der Waals surface area contributed by atoms with E-state index >= 15 is 0 Å². The molecule has 1 aromatic carbocycles. The number of thiazole rings is 1. The molecule has 4 aromatic rings. The molecule has 6 nitrogen and oxygen atoms in total. The first kappa shape index (κ1) is 24.3. The lowest BCUT2D eigenvalue weighted by molar-refractivity contribution is -0.116. The second-order valence-corrected chi connectivity index (χ2v) is 11.5. The third kappa shape index (κ3) is 6.19. The minimum Gasteiger partial charge on any atom is -0.309 e. The predicted molar refractivity (Wildman–Crippen MR) is 142 cm³/mol. The second-order valence-electron chi connectivity index (χ2n) is 7.78. The third-order valence-corrected chi connectivity index (χ3v) is 8.23. The second kappa shape index (κ2) is 11.1. The molecule has 0 fully saturated rings. The van der Waals surface area contributed by atoms with Gasteiger partial charge in [0.05, 0.1) is 23.4 Å². The predicted octanol–water partition coefficient (Wildman–Crippen LogP) is 5.20. The number of hydrogen-bond donors (Lipinski definition) is 0. The van der Waals surface area contributed by atoms with Crippen molar-refractivity contribution in [3.8, 4) is 11.3 Å². The maximum atomic E-state index is 13.0. The summed E-state index contributed by atoms with van der Waals surface area (Å²) in [5.74, 6) is 0.319. The summed E-state index contributed by atoms with van der Waals surface area (Å²) in [5, 5.41) is 5.26. The van der Waals surface area contributed by atoms with Crippen LogP contribution in [0.4, 0.5) is 0 Å². The average Bonchev–Trinajstić information content (AvgIpc) is 3.44. The van der Waals surface area contributed by atoms with Crippen molar-refractivity contribution in [2.24, 2.45) is 0 Å². The van der Waals surface area contributed by atoms with Gasteiger partial charge >= 0.3 is 0 Å². The number of benzene rings is 1. The van der Waals surface area contributed by atoms with E-state index in [-0.39, 0.29) is 23.5 Å². The number of hydrogen-bond acceptors (Lipinski definition) is 8. The van der Waals surface area contributed by atoms with Gasteiger partial charge in [-0.2, -0.15) is 0 Å². The first-order valence-electron chi connectivity index (χ1n) is 10.4. The molecule has 0 bridgehead atoms. The minimum atomic E-state index is -0.0252. The maximum Gasteiger partial charge on any atom is 0.272 e. The molecule has 0 atom stereocenters. The van der Waals surface area contributed by atoms with Crippen LogP contribution >= 0.6 is 50.4 Å². The summed E-state index contributed by atoms with van der Waals surface area (Å²) in [6, 6.07) is 9.82. The molecule has 0 unspecified atom stereocenters. The monoisotopic (exact) mass is 562 g/mol. The molecule has 0 spiro atoms. The summed E-state index contributed by atoms with van der Waals surface area (Å²) in [6.07, 6.45) is 1.12. The van der Waals surface area contributed by atoms with Crippen LogP contribution in [0.1, 0.15) is 11.4 Å². The highest BCUT2D eigenvalue weighted by Crippen LogP contribution is 2.25. The lowest BCUT2D eigenvalue weighted by Crippen LogP contribution is -2.25. The molecule has 0 saturated carbocycles. The van der Waals surface area contributed by atoms with E-state index in [9.17, 15) is 9.59 Å². The minimum absolute atomic E-state index is 0.0252. The molecule has 172 valence electrons. The van der Waals surface area contributed by atoms with Crippen LogP contribution in [-0.2, 0) is 17.8 Å². The summed E-state index contributed by atoms with van der Waals surface area (Å²) in [4.78, 5) is 37.1. The van der Waals surface area contributed by atoms with Crippen LogP contribution in [0, 0.1) is 0 Å². The fourth-order valence-electron chi connectivity index (χ4n) is 3.29. The van der Waals surface area contributed by atoms with Crippen molar-refractivity contribution in [1.29, 1.82) is 0 Å². The smallest absolute Gasteiger partial charge is 0.272 e. The van der Waals surface area contributed by atoms with Crippen LogP contribution in [0.2, 0.25) is 0 Å². The number of ketones is 1. The van der Waals surface area contributed by atoms with Crippen LogP contribution in [-0.4, -0.2) is 51.6 Å². The van der Waals surface area contributed by atoms with Crippen LogP contribution in [0.3, 0.4) is 0 Å². The van der Waals surface area contributed by atoms with Gasteiger partial charge in [0, 0.05) is 22.0 Å². The summed E-state index contributed by atoms with van der Waals surface area (Å²) >= 11 is 7.68. The van der Waals surface area contributed by atoms with Gasteiger partial charge in [-0.25, -0.2) is 9.97 Å². The molecule has 0 saturated heterocycles. The van der Waals surface area contributed by atoms with E-state index in [2.05, 4.69) is 30.8 Å². The van der Waals surface area contributed by atoms with E-state index in [1.54, 1.807) is 4.57 Å². The van der Waals surface area contributed by atoms with Gasteiger partial charge in [-0.1, -0.05) is 39.8 Å². The van der Waals surface area contributed by atoms with Gasteiger partial charge in [0.15, 0.2) is 5.16 Å². The van der Waals surface area contributed by atoms with Gasteiger partial charge < -0.3 is 4.90 Å². The third-order valence-electron chi connectivity index (χ3n) is 4.92. The Kier molecular flexibility index (Phi) is 8.13. The molecule has 0 aliphatic rings. The van der Waals surface area contributed by atoms with E-state index in [0.717, 1.165) is 33.7 Å². The molecule has 3 heterocycles. The van der Waals surface area contributed by atoms with Crippen molar-refractivity contribution in [2.75, 3.05) is 26.4 Å². The molecule has 33 heavy (non-hydrogen) atoms. The number of Topliss-reactive ketones (excluding diaryl/α,β-unsaturated/α-hetero) is 1. The Bertz CT molecular complexity index is 1310. The highest BCUT2D eigenvalue weighted by Gasteiger charge is 2.15. The Morgan fingerprint density at radius 1 is 1.15 bits per heavy atom. The van der Waals surface area contributed by atoms with Gasteiger partial charge in [-0.3, -0.25) is 14.2 Å². The molecular formula is C23H23BrN4O2S3. The lowest BCUT2D eigenvalue weighted by atomic mass is 10.2. The highest BCUT2D eigenvalue weighted by atomic mass is 79.9. The quantitative estimate of drug-likeness (QED) is 0.195. The van der Waals surface area contributed by atoms with Gasteiger partial charge in [0.1, 0.15) is 15.5 Å². The zero-order chi connectivity index (χ0) is 23.4. The van der Waals surface area contributed by atoms with Crippen LogP contribution in [0.5, 0.6) is 0 Å². The molecule has 0 N–H and O–H groups in total. The molecule has 0 aliphatic heterocycles. The molecule has 3 aromatic heterocycles. The first-order valence-corrected chi connectivity index (χ1v) is 13.9. The van der Waals surface area contributed by atoms with Gasteiger partial charge in [0.2, 0.25) is 0 Å². The van der Waals surface area contributed by atoms with Crippen molar-refractivity contribution in [3.05, 3.63) is 60.9 Å². The number of fused-ring (bicyclic) bond motifs is 1. The van der Waals surface area contributed by atoms with Crippen LogP contribution in [0.25, 0.3) is 21.5 Å². The number of carbonyl (C=O) groups is 1. The first-order chi connectivity index (χ1) is 15.9. The van der Waals surface area contributed by atoms with Crippen molar-refractivity contribution in [2.45, 2.75) is 24.5 Å². The summed E-state index contributed by atoms with van der Waals surface area (Å²) in [7, 11) is 4.02. The Hall–Kier alpha value is -1.85. The molecule has 0 radical (unpaired) electrons. The number of rotatable bonds is 10. The van der Waals surface area contributed by atoms with Crippen molar-refractivity contribution in [1.82, 2.24) is 19.4 Å². The van der Waals surface area contributed by atoms with Crippen LogP contribution < -0.4 is 5.56 Å². The summed E-state index contributed by atoms with van der Waals surface area (Å²) in [6.45, 7) is 1.46. The molecule has 0 aliphatic carbocycles. The van der Waals surface area contributed by atoms with E-state index in [0.29, 0.717) is 21.9 Å². The van der Waals surface area contributed by atoms with E-state index in [1.807, 2.05) is 55.2 Å². The topological polar surface area (TPSA) is 68.1 Å². The average molecular weight is 564 g/mol. The van der Waals surface area contributed by atoms with E-state index in [4.69, 9.17) is 0 Å². The normalized spacial score (nSPS) is 11.5. The van der Waals surface area contributed by atoms with Gasteiger partial charge in [-0.05, 0) is 50.6 Å². The fourth-order valence-corrected chi connectivity index (χ4v) is 6.05. The van der Waals surface area contributed by atoms with E-state index < -0.39 is 0 Å². The number of halogens is 1. The molecular weight excluding hydrogens is 540 g/mol. The summed E-state index contributed by atoms with van der Waals surface area (Å²) < 4.78 is 3.40. The summed E-state index contributed by atoms with van der Waals surface area (Å²) in [5.41, 5.74) is 2.57. The number of thiophene rings is 1. The number of thioether (sulfide) groups is 1. The van der Waals surface area contributed by atoms with Gasteiger partial charge in [-0.15, -0.1) is 22.7 Å². The zero-order valence-electron chi connectivity index (χ0n) is 18.3. The van der Waals surface area contributed by atoms with Gasteiger partial charge in [0.25, 0.3) is 5.56 Å². The van der Waals surface area contributed by atoms with Crippen molar-refractivity contribution < 1.29 is 4.79 Å². The van der Waals surface area contributed by atoms with E-state index in [1.165, 1.54) is 34.4 Å². The number of carbonyl (C=O) groups excluding carboxylic acids is 1. The largest absolute Gasteiger partial charge is 0.309 e. The Labute approximate surface area is 212 Å². The fraction of sp³-hybridized carbons (Fsp3) is 0.304. The van der Waals surface area contributed by atoms with Crippen molar-refractivity contribution in [3.63, 3.8) is 0 Å². The highest BCUT2D eigenvalue weighted by molar-refractivity contribution is 9.10. The zero-order valence-corrected chi connectivity index (χ0v) is 22.3. The maximum absolute atomic E-state index is 13.0.